The first-order valence-electron chi connectivity index (χ1n) is 7.97. The highest BCUT2D eigenvalue weighted by Gasteiger charge is 2.30. The summed E-state index contributed by atoms with van der Waals surface area (Å²) < 4.78 is 0. The Hall–Kier alpha value is -3.28. The number of pyridine rings is 1. The quantitative estimate of drug-likeness (QED) is 0.529. The largest absolute Gasteiger partial charge is 0.309 e. The van der Waals surface area contributed by atoms with Gasteiger partial charge in [-0.15, -0.1) is 0 Å². The number of carbonyl (C=O) groups is 1. The van der Waals surface area contributed by atoms with Crippen molar-refractivity contribution in [2.75, 3.05) is 11.9 Å². The van der Waals surface area contributed by atoms with Crippen molar-refractivity contribution in [1.29, 1.82) is 0 Å². The summed E-state index contributed by atoms with van der Waals surface area (Å²) in [5.74, 6) is -0.102. The van der Waals surface area contributed by atoms with E-state index < -0.39 is 4.92 Å². The molecule has 1 aliphatic rings. The highest BCUT2D eigenvalue weighted by Crippen LogP contribution is 2.40. The molecule has 0 saturated carbocycles. The van der Waals surface area contributed by atoms with E-state index >= 15 is 0 Å². The number of aryl methyl sites for hydroxylation is 1. The Kier molecular flexibility index (Phi) is 3.46. The van der Waals surface area contributed by atoms with Gasteiger partial charge >= 0.3 is 0 Å². The Morgan fingerprint density at radius 3 is 2.76 bits per heavy atom. The molecule has 0 radical (unpaired) electrons. The van der Waals surface area contributed by atoms with Gasteiger partial charge in [-0.3, -0.25) is 19.9 Å². The third-order valence-corrected chi connectivity index (χ3v) is 4.66. The molecule has 4 rings (SSSR count). The molecule has 0 N–H and O–H groups in total. The maximum absolute atomic E-state index is 12.0. The van der Waals surface area contributed by atoms with Crippen molar-refractivity contribution in [2.24, 2.45) is 0 Å². The summed E-state index contributed by atoms with van der Waals surface area (Å²) in [5.41, 5.74) is 2.77. The van der Waals surface area contributed by atoms with Crippen molar-refractivity contribution in [2.45, 2.75) is 12.8 Å². The van der Waals surface area contributed by atoms with Gasteiger partial charge in [-0.05, 0) is 29.0 Å². The van der Waals surface area contributed by atoms with Gasteiger partial charge in [0.1, 0.15) is 5.69 Å². The lowest BCUT2D eigenvalue weighted by Gasteiger charge is -2.26. The van der Waals surface area contributed by atoms with Crippen LogP contribution in [0.3, 0.4) is 0 Å². The van der Waals surface area contributed by atoms with E-state index in [2.05, 4.69) is 4.98 Å². The van der Waals surface area contributed by atoms with Crippen molar-refractivity contribution in [3.63, 3.8) is 0 Å². The fourth-order valence-electron chi connectivity index (χ4n) is 3.43. The Labute approximate surface area is 143 Å². The van der Waals surface area contributed by atoms with Crippen LogP contribution in [0.5, 0.6) is 0 Å². The van der Waals surface area contributed by atoms with Crippen LogP contribution in [0.4, 0.5) is 11.4 Å². The Morgan fingerprint density at radius 2 is 1.96 bits per heavy atom. The molecule has 1 aliphatic heterocycles. The summed E-state index contributed by atoms with van der Waals surface area (Å²) in [5, 5.41) is 13.6. The molecular formula is C19H15N3O3. The van der Waals surface area contributed by atoms with Crippen LogP contribution in [-0.2, 0) is 11.2 Å². The van der Waals surface area contributed by atoms with Crippen LogP contribution in [0, 0.1) is 10.1 Å². The molecule has 2 aromatic carbocycles. The maximum Gasteiger partial charge on any atom is 0.293 e. The number of benzene rings is 2. The standard InChI is InChI=1S/C19H15N3O3/c1-21-18(23)7-6-12-8-14(9-17(19(12)21)22(24)25)16-11-20-10-13-4-2-3-5-15(13)16/h2-5,8-11H,6-7H2,1H3. The molecule has 1 aromatic heterocycles. The number of rotatable bonds is 2. The van der Waals surface area contributed by atoms with Crippen LogP contribution in [0.1, 0.15) is 12.0 Å². The second kappa shape index (κ2) is 5.66. The molecule has 1 amide bonds. The van der Waals surface area contributed by atoms with E-state index in [9.17, 15) is 14.9 Å². The first-order chi connectivity index (χ1) is 12.1. The monoisotopic (exact) mass is 333 g/mol. The predicted octanol–water partition coefficient (Wildman–Crippen LogP) is 3.72. The second-order valence-electron chi connectivity index (χ2n) is 6.12. The lowest BCUT2D eigenvalue weighted by molar-refractivity contribution is -0.384. The first-order valence-corrected chi connectivity index (χ1v) is 7.97. The number of hydrogen-bond donors (Lipinski definition) is 0. The van der Waals surface area contributed by atoms with Crippen molar-refractivity contribution in [3.05, 3.63) is 64.5 Å². The van der Waals surface area contributed by atoms with Crippen LogP contribution in [0.2, 0.25) is 0 Å². The van der Waals surface area contributed by atoms with Gasteiger partial charge in [-0.25, -0.2) is 0 Å². The van der Waals surface area contributed by atoms with Crippen LogP contribution >= 0.6 is 0 Å². The number of amides is 1. The molecule has 3 aromatic rings. The van der Waals surface area contributed by atoms with Gasteiger partial charge in [-0.1, -0.05) is 24.3 Å². The Bertz CT molecular complexity index is 1020. The number of nitrogens with zero attached hydrogens (tertiary/aromatic N) is 3. The summed E-state index contributed by atoms with van der Waals surface area (Å²) in [6.07, 6.45) is 4.37. The molecule has 0 fully saturated rings. The van der Waals surface area contributed by atoms with Gasteiger partial charge in [0, 0.05) is 42.9 Å². The smallest absolute Gasteiger partial charge is 0.293 e. The Morgan fingerprint density at radius 1 is 1.16 bits per heavy atom. The lowest BCUT2D eigenvalue weighted by atomic mass is 9.93. The van der Waals surface area contributed by atoms with Crippen LogP contribution in [-0.4, -0.2) is 22.9 Å². The van der Waals surface area contributed by atoms with Gasteiger partial charge in [0.2, 0.25) is 5.91 Å². The van der Waals surface area contributed by atoms with Crippen LogP contribution < -0.4 is 4.90 Å². The topological polar surface area (TPSA) is 76.3 Å². The highest BCUT2D eigenvalue weighted by molar-refractivity contribution is 6.01. The molecule has 124 valence electrons. The highest BCUT2D eigenvalue weighted by atomic mass is 16.6. The van der Waals surface area contributed by atoms with Gasteiger partial charge in [-0.2, -0.15) is 0 Å². The summed E-state index contributed by atoms with van der Waals surface area (Å²) in [7, 11) is 1.59. The third kappa shape index (κ3) is 2.42. The zero-order valence-electron chi connectivity index (χ0n) is 13.6. The lowest BCUT2D eigenvalue weighted by Crippen LogP contribution is -2.31. The van der Waals surface area contributed by atoms with Crippen LogP contribution in [0.15, 0.2) is 48.8 Å². The number of carbonyl (C=O) groups excluding carboxylic acids is 1. The molecule has 0 bridgehead atoms. The van der Waals surface area contributed by atoms with Crippen LogP contribution in [0.25, 0.3) is 21.9 Å². The molecule has 0 unspecified atom stereocenters. The third-order valence-electron chi connectivity index (χ3n) is 4.66. The van der Waals surface area contributed by atoms with E-state index in [0.717, 1.165) is 27.5 Å². The van der Waals surface area contributed by atoms with Crippen molar-refractivity contribution >= 4 is 28.1 Å². The Balaban J connectivity index is 1.99. The number of aromatic nitrogens is 1. The van der Waals surface area contributed by atoms with E-state index in [1.807, 2.05) is 30.3 Å². The fraction of sp³-hybridized carbons (Fsp3) is 0.158. The first kappa shape index (κ1) is 15.3. The second-order valence-corrected chi connectivity index (χ2v) is 6.12. The fourth-order valence-corrected chi connectivity index (χ4v) is 3.43. The zero-order valence-corrected chi connectivity index (χ0v) is 13.6. The summed E-state index contributed by atoms with van der Waals surface area (Å²) >= 11 is 0. The predicted molar refractivity (Wildman–Crippen MR) is 95.6 cm³/mol. The van der Waals surface area contributed by atoms with E-state index in [1.165, 1.54) is 11.0 Å². The molecule has 2 heterocycles. The van der Waals surface area contributed by atoms with E-state index in [4.69, 9.17) is 0 Å². The number of anilines is 1. The maximum atomic E-state index is 12.0. The minimum absolute atomic E-state index is 0.0454. The summed E-state index contributed by atoms with van der Waals surface area (Å²) in [4.78, 5) is 28.8. The molecular weight excluding hydrogens is 318 g/mol. The number of nitro benzene ring substituents is 1. The SMILES string of the molecule is CN1C(=O)CCc2cc(-c3cncc4ccccc34)cc([N+](=O)[O-])c21. The van der Waals surface area contributed by atoms with Gasteiger partial charge in [0.05, 0.1) is 4.92 Å². The van der Waals surface area contributed by atoms with Crippen molar-refractivity contribution in [3.8, 4) is 11.1 Å². The molecule has 6 nitrogen and oxygen atoms in total. The number of fused-ring (bicyclic) bond motifs is 2. The average Bonchev–Trinajstić information content (AvgIpc) is 2.63. The number of hydrogen-bond acceptors (Lipinski definition) is 4. The van der Waals surface area contributed by atoms with Gasteiger partial charge in [0.15, 0.2) is 0 Å². The van der Waals surface area contributed by atoms with Gasteiger partial charge < -0.3 is 4.90 Å². The van der Waals surface area contributed by atoms with E-state index in [0.29, 0.717) is 18.5 Å². The van der Waals surface area contributed by atoms with Crippen molar-refractivity contribution < 1.29 is 9.72 Å². The minimum Gasteiger partial charge on any atom is -0.309 e. The van der Waals surface area contributed by atoms with Crippen molar-refractivity contribution in [1.82, 2.24) is 4.98 Å². The van der Waals surface area contributed by atoms with E-state index in [1.54, 1.807) is 19.4 Å². The zero-order chi connectivity index (χ0) is 17.6. The van der Waals surface area contributed by atoms with Gasteiger partial charge in [0.25, 0.3) is 5.69 Å². The molecule has 0 saturated heterocycles. The normalized spacial score (nSPS) is 13.8. The minimum atomic E-state index is -0.421. The molecule has 0 spiro atoms. The molecule has 25 heavy (non-hydrogen) atoms. The summed E-state index contributed by atoms with van der Waals surface area (Å²) in [6, 6.07) is 11.3. The number of nitro groups is 1. The summed E-state index contributed by atoms with van der Waals surface area (Å²) in [6.45, 7) is 0. The molecule has 0 atom stereocenters. The molecule has 0 aliphatic carbocycles. The average molecular weight is 333 g/mol. The van der Waals surface area contributed by atoms with E-state index in [-0.39, 0.29) is 11.6 Å². The molecule has 6 heteroatoms.